The molecule has 1 nitrogen and oxygen atoms in total. The SMILES string of the molecule is COc1ccc2c(c1)CC[C@@H]1[C@@H]2CC[C@@]2(C)[C@H]1CC[C@]2(C)c1cc(F)cc(F)c1. The highest BCUT2D eigenvalue weighted by molar-refractivity contribution is 5.41. The van der Waals surface area contributed by atoms with Crippen LogP contribution >= 0.6 is 0 Å². The second kappa shape index (κ2) is 6.55. The molecule has 5 atom stereocenters. The number of rotatable bonds is 2. The number of benzene rings is 2. The summed E-state index contributed by atoms with van der Waals surface area (Å²) in [6.45, 7) is 4.65. The molecule has 0 aliphatic heterocycles. The van der Waals surface area contributed by atoms with E-state index in [2.05, 4.69) is 32.0 Å². The summed E-state index contributed by atoms with van der Waals surface area (Å²) in [7, 11) is 1.73. The van der Waals surface area contributed by atoms with Crippen LogP contribution in [0.4, 0.5) is 8.78 Å². The Labute approximate surface area is 172 Å². The first kappa shape index (κ1) is 19.1. The Balaban J connectivity index is 1.51. The zero-order chi connectivity index (χ0) is 20.4. The number of methoxy groups -OCH3 is 1. The Kier molecular flexibility index (Phi) is 4.31. The van der Waals surface area contributed by atoms with Gasteiger partial charge in [-0.2, -0.15) is 0 Å². The standard InChI is InChI=1S/C26H30F2O/c1-25(17-13-18(27)15-19(28)14-17)11-9-24-23-6-4-16-12-20(29-3)5-7-21(16)22(23)8-10-26(24,25)2/h5,7,12-15,22-24H,4,6,8-11H2,1-3H3/t22-,23-,24+,25-,26+/m1/s1. The average molecular weight is 397 g/mol. The fourth-order valence-corrected chi connectivity index (χ4v) is 7.30. The first-order valence-electron chi connectivity index (χ1n) is 11.0. The molecule has 0 N–H and O–H groups in total. The Morgan fingerprint density at radius 1 is 0.931 bits per heavy atom. The second-order valence-electron chi connectivity index (χ2n) is 9.97. The summed E-state index contributed by atoms with van der Waals surface area (Å²) >= 11 is 0. The third-order valence-corrected chi connectivity index (χ3v) is 9.04. The molecule has 0 unspecified atom stereocenters. The van der Waals surface area contributed by atoms with E-state index in [4.69, 9.17) is 4.74 Å². The predicted octanol–water partition coefficient (Wildman–Crippen LogP) is 6.79. The van der Waals surface area contributed by atoms with Gasteiger partial charge in [-0.05, 0) is 108 Å². The maximum Gasteiger partial charge on any atom is 0.126 e. The van der Waals surface area contributed by atoms with E-state index in [1.165, 1.54) is 17.5 Å². The Bertz CT molecular complexity index is 933. The van der Waals surface area contributed by atoms with Crippen LogP contribution in [0.2, 0.25) is 0 Å². The van der Waals surface area contributed by atoms with Crippen molar-refractivity contribution in [2.75, 3.05) is 7.11 Å². The quantitative estimate of drug-likeness (QED) is 0.543. The van der Waals surface area contributed by atoms with Crippen LogP contribution in [0, 0.1) is 28.9 Å². The Hall–Kier alpha value is -1.90. The van der Waals surface area contributed by atoms with E-state index in [9.17, 15) is 8.78 Å². The van der Waals surface area contributed by atoms with Crippen LogP contribution in [-0.4, -0.2) is 7.11 Å². The van der Waals surface area contributed by atoms with Crippen LogP contribution < -0.4 is 4.74 Å². The number of ether oxygens (including phenoxy) is 1. The molecule has 29 heavy (non-hydrogen) atoms. The van der Waals surface area contributed by atoms with Crippen molar-refractivity contribution in [3.63, 3.8) is 0 Å². The van der Waals surface area contributed by atoms with Crippen LogP contribution in [0.5, 0.6) is 5.75 Å². The van der Waals surface area contributed by atoms with E-state index >= 15 is 0 Å². The van der Waals surface area contributed by atoms with Gasteiger partial charge in [-0.15, -0.1) is 0 Å². The lowest BCUT2D eigenvalue weighted by atomic mass is 9.50. The molecule has 0 bridgehead atoms. The van der Waals surface area contributed by atoms with Crippen molar-refractivity contribution < 1.29 is 13.5 Å². The predicted molar refractivity (Wildman–Crippen MR) is 111 cm³/mol. The summed E-state index contributed by atoms with van der Waals surface area (Å²) < 4.78 is 33.5. The molecule has 154 valence electrons. The first-order chi connectivity index (χ1) is 13.9. The molecule has 3 aliphatic carbocycles. The van der Waals surface area contributed by atoms with Crippen molar-refractivity contribution >= 4 is 0 Å². The molecule has 0 saturated heterocycles. The van der Waals surface area contributed by atoms with Crippen molar-refractivity contribution in [2.45, 2.75) is 63.7 Å². The average Bonchev–Trinajstić information content (AvgIpc) is 2.99. The smallest absolute Gasteiger partial charge is 0.126 e. The van der Waals surface area contributed by atoms with Crippen LogP contribution in [0.25, 0.3) is 0 Å². The highest BCUT2D eigenvalue weighted by Gasteiger charge is 2.60. The van der Waals surface area contributed by atoms with Crippen molar-refractivity contribution in [2.24, 2.45) is 17.3 Å². The minimum Gasteiger partial charge on any atom is -0.497 e. The summed E-state index contributed by atoms with van der Waals surface area (Å²) in [5.74, 6) is 1.91. The zero-order valence-corrected chi connectivity index (χ0v) is 17.6. The lowest BCUT2D eigenvalue weighted by molar-refractivity contribution is 0.0174. The molecule has 2 saturated carbocycles. The molecular formula is C26H30F2O. The van der Waals surface area contributed by atoms with E-state index in [1.807, 2.05) is 0 Å². The van der Waals surface area contributed by atoms with Gasteiger partial charge in [0, 0.05) is 6.07 Å². The summed E-state index contributed by atoms with van der Waals surface area (Å²) in [5.41, 5.74) is 3.71. The van der Waals surface area contributed by atoms with Gasteiger partial charge in [-0.25, -0.2) is 8.78 Å². The maximum absolute atomic E-state index is 14.0. The van der Waals surface area contributed by atoms with Gasteiger partial charge < -0.3 is 4.74 Å². The Morgan fingerprint density at radius 3 is 2.41 bits per heavy atom. The second-order valence-corrected chi connectivity index (χ2v) is 9.97. The highest BCUT2D eigenvalue weighted by Crippen LogP contribution is 2.67. The normalized spacial score (nSPS) is 35.6. The summed E-state index contributed by atoms with van der Waals surface area (Å²) in [6, 6.07) is 10.7. The fourth-order valence-electron chi connectivity index (χ4n) is 7.30. The molecule has 2 fully saturated rings. The number of hydrogen-bond acceptors (Lipinski definition) is 1. The molecule has 3 aliphatic rings. The lowest BCUT2D eigenvalue weighted by Crippen LogP contribution is -2.48. The summed E-state index contributed by atoms with van der Waals surface area (Å²) in [4.78, 5) is 0. The Morgan fingerprint density at radius 2 is 1.69 bits per heavy atom. The molecule has 0 amide bonds. The van der Waals surface area contributed by atoms with Crippen LogP contribution in [0.3, 0.4) is 0 Å². The highest BCUT2D eigenvalue weighted by atomic mass is 19.1. The van der Waals surface area contributed by atoms with Gasteiger partial charge >= 0.3 is 0 Å². The third kappa shape index (κ3) is 2.69. The minimum absolute atomic E-state index is 0.0817. The van der Waals surface area contributed by atoms with Crippen molar-refractivity contribution in [3.8, 4) is 5.75 Å². The fraction of sp³-hybridized carbons (Fsp3) is 0.538. The molecule has 0 radical (unpaired) electrons. The van der Waals surface area contributed by atoms with Gasteiger partial charge in [0.2, 0.25) is 0 Å². The molecule has 5 rings (SSSR count). The van der Waals surface area contributed by atoms with Gasteiger partial charge in [0.05, 0.1) is 7.11 Å². The molecular weight excluding hydrogens is 366 g/mol. The van der Waals surface area contributed by atoms with Gasteiger partial charge in [-0.3, -0.25) is 0 Å². The number of halogens is 2. The zero-order valence-electron chi connectivity index (χ0n) is 17.6. The van der Waals surface area contributed by atoms with Crippen molar-refractivity contribution in [3.05, 3.63) is 64.7 Å². The molecule has 0 heterocycles. The van der Waals surface area contributed by atoms with E-state index in [0.717, 1.165) is 49.5 Å². The third-order valence-electron chi connectivity index (χ3n) is 9.04. The molecule has 2 aromatic carbocycles. The lowest BCUT2D eigenvalue weighted by Gasteiger charge is -2.54. The van der Waals surface area contributed by atoms with Crippen LogP contribution in [0.15, 0.2) is 36.4 Å². The molecule has 3 heteroatoms. The first-order valence-corrected chi connectivity index (χ1v) is 11.0. The summed E-state index contributed by atoms with van der Waals surface area (Å²) in [5, 5.41) is 0. The largest absolute Gasteiger partial charge is 0.497 e. The van der Waals surface area contributed by atoms with Gasteiger partial charge in [-0.1, -0.05) is 19.9 Å². The molecule has 0 aromatic heterocycles. The summed E-state index contributed by atoms with van der Waals surface area (Å²) in [6.07, 6.45) is 6.74. The number of hydrogen-bond donors (Lipinski definition) is 0. The van der Waals surface area contributed by atoms with E-state index in [0.29, 0.717) is 17.8 Å². The van der Waals surface area contributed by atoms with E-state index < -0.39 is 11.6 Å². The van der Waals surface area contributed by atoms with E-state index in [1.54, 1.807) is 19.2 Å². The minimum atomic E-state index is -0.456. The van der Waals surface area contributed by atoms with E-state index in [-0.39, 0.29) is 10.8 Å². The van der Waals surface area contributed by atoms with Crippen LogP contribution in [-0.2, 0) is 11.8 Å². The van der Waals surface area contributed by atoms with Crippen LogP contribution in [0.1, 0.15) is 68.6 Å². The van der Waals surface area contributed by atoms with Gasteiger partial charge in [0.1, 0.15) is 17.4 Å². The van der Waals surface area contributed by atoms with Crippen molar-refractivity contribution in [1.29, 1.82) is 0 Å². The van der Waals surface area contributed by atoms with Gasteiger partial charge in [0.15, 0.2) is 0 Å². The van der Waals surface area contributed by atoms with Crippen molar-refractivity contribution in [1.82, 2.24) is 0 Å². The monoisotopic (exact) mass is 396 g/mol. The van der Waals surface area contributed by atoms with Gasteiger partial charge in [0.25, 0.3) is 0 Å². The molecule has 0 spiro atoms. The number of fused-ring (bicyclic) bond motifs is 5. The molecule has 2 aromatic rings. The maximum atomic E-state index is 14.0. The number of aryl methyl sites for hydroxylation is 1. The topological polar surface area (TPSA) is 9.23 Å².